The average molecular weight is 209 g/mol. The second-order valence-corrected chi connectivity index (χ2v) is 3.51. The Bertz CT molecular complexity index is 368. The van der Waals surface area contributed by atoms with Crippen molar-refractivity contribution in [2.45, 2.75) is 18.9 Å². The van der Waals surface area contributed by atoms with Crippen LogP contribution in [0, 0.1) is 5.82 Å². The molecule has 1 unspecified atom stereocenters. The second-order valence-electron chi connectivity index (χ2n) is 3.51. The van der Waals surface area contributed by atoms with E-state index in [0.717, 1.165) is 18.4 Å². The molecule has 1 aliphatic heterocycles. The van der Waals surface area contributed by atoms with Gasteiger partial charge in [-0.25, -0.2) is 4.39 Å². The van der Waals surface area contributed by atoms with E-state index < -0.39 is 0 Å². The van der Waals surface area contributed by atoms with Crippen LogP contribution in [-0.4, -0.2) is 13.0 Å². The van der Waals surface area contributed by atoms with Gasteiger partial charge in [0.1, 0.15) is 11.6 Å². The van der Waals surface area contributed by atoms with Gasteiger partial charge in [-0.2, -0.15) is 0 Å². The average Bonchev–Trinajstić information content (AvgIpc) is 2.42. The first-order valence-electron chi connectivity index (χ1n) is 4.93. The molecule has 2 rings (SSSR count). The van der Waals surface area contributed by atoms with E-state index in [1.165, 1.54) is 12.1 Å². The summed E-state index contributed by atoms with van der Waals surface area (Å²) in [5.41, 5.74) is 0.722. The Morgan fingerprint density at radius 1 is 1.53 bits per heavy atom. The highest BCUT2D eigenvalue weighted by atomic mass is 19.1. The van der Waals surface area contributed by atoms with Gasteiger partial charge in [-0.15, -0.1) is 0 Å². The molecular formula is C11H12FNO2. The van der Waals surface area contributed by atoms with Crippen molar-refractivity contribution in [3.05, 3.63) is 29.6 Å². The molecule has 0 fully saturated rings. The van der Waals surface area contributed by atoms with Crippen LogP contribution in [0.15, 0.2) is 18.2 Å². The topological polar surface area (TPSA) is 38.3 Å². The Morgan fingerprint density at radius 3 is 3.20 bits per heavy atom. The van der Waals surface area contributed by atoms with Crippen molar-refractivity contribution in [2.24, 2.45) is 0 Å². The summed E-state index contributed by atoms with van der Waals surface area (Å²) >= 11 is 0. The molecule has 0 saturated carbocycles. The van der Waals surface area contributed by atoms with Crippen LogP contribution in [0.4, 0.5) is 4.39 Å². The molecule has 4 heteroatoms. The van der Waals surface area contributed by atoms with E-state index in [1.54, 1.807) is 6.07 Å². The number of rotatable bonds is 2. The number of hydrogen-bond donors (Lipinski definition) is 1. The summed E-state index contributed by atoms with van der Waals surface area (Å²) in [6.45, 7) is 0.607. The maximum absolute atomic E-state index is 13.1. The molecule has 0 aliphatic carbocycles. The predicted octanol–water partition coefficient (Wildman–Crippen LogP) is 1.79. The fourth-order valence-electron chi connectivity index (χ4n) is 1.80. The maximum Gasteiger partial charge on any atom is 0.207 e. The molecular weight excluding hydrogens is 197 g/mol. The SMILES string of the molecule is O=CNC1CCCOc2ccc(F)cc21. The first kappa shape index (κ1) is 9.96. The molecule has 15 heavy (non-hydrogen) atoms. The van der Waals surface area contributed by atoms with Gasteiger partial charge in [0.05, 0.1) is 12.6 Å². The molecule has 0 radical (unpaired) electrons. The molecule has 0 aromatic heterocycles. The van der Waals surface area contributed by atoms with Crippen molar-refractivity contribution in [3.8, 4) is 5.75 Å². The lowest BCUT2D eigenvalue weighted by molar-refractivity contribution is -0.110. The molecule has 0 spiro atoms. The third-order valence-corrected chi connectivity index (χ3v) is 2.51. The highest BCUT2D eigenvalue weighted by Gasteiger charge is 2.19. The van der Waals surface area contributed by atoms with Crippen LogP contribution in [0.5, 0.6) is 5.75 Å². The Balaban J connectivity index is 2.37. The molecule has 0 saturated heterocycles. The first-order chi connectivity index (χ1) is 7.31. The number of carbonyl (C=O) groups excluding carboxylic acids is 1. The van der Waals surface area contributed by atoms with Crippen LogP contribution in [0.25, 0.3) is 0 Å². The zero-order chi connectivity index (χ0) is 10.7. The molecule has 1 aromatic carbocycles. The number of hydrogen-bond acceptors (Lipinski definition) is 2. The Labute approximate surface area is 87.2 Å². The van der Waals surface area contributed by atoms with E-state index in [-0.39, 0.29) is 11.9 Å². The van der Waals surface area contributed by atoms with Crippen molar-refractivity contribution in [2.75, 3.05) is 6.61 Å². The van der Waals surface area contributed by atoms with E-state index in [1.807, 2.05) is 0 Å². The second kappa shape index (κ2) is 4.29. The van der Waals surface area contributed by atoms with Crippen molar-refractivity contribution in [1.29, 1.82) is 0 Å². The number of nitrogens with one attached hydrogen (secondary N) is 1. The Morgan fingerprint density at radius 2 is 2.40 bits per heavy atom. The van der Waals surface area contributed by atoms with Crippen LogP contribution < -0.4 is 10.1 Å². The van der Waals surface area contributed by atoms with Crippen molar-refractivity contribution >= 4 is 6.41 Å². The van der Waals surface area contributed by atoms with Crippen LogP contribution >= 0.6 is 0 Å². The van der Waals surface area contributed by atoms with Gasteiger partial charge < -0.3 is 10.1 Å². The number of fused-ring (bicyclic) bond motifs is 1. The Hall–Kier alpha value is -1.58. The lowest BCUT2D eigenvalue weighted by atomic mass is 10.0. The van der Waals surface area contributed by atoms with E-state index in [2.05, 4.69) is 5.32 Å². The van der Waals surface area contributed by atoms with E-state index in [0.29, 0.717) is 18.8 Å². The van der Waals surface area contributed by atoms with E-state index >= 15 is 0 Å². The summed E-state index contributed by atoms with van der Waals surface area (Å²) in [6, 6.07) is 4.25. The normalized spacial score (nSPS) is 19.7. The van der Waals surface area contributed by atoms with E-state index in [4.69, 9.17) is 4.74 Å². The monoisotopic (exact) mass is 209 g/mol. The van der Waals surface area contributed by atoms with Gasteiger partial charge in [0.25, 0.3) is 0 Å². The highest BCUT2D eigenvalue weighted by Crippen LogP contribution is 2.31. The maximum atomic E-state index is 13.1. The van der Waals surface area contributed by atoms with Crippen molar-refractivity contribution < 1.29 is 13.9 Å². The molecule has 1 amide bonds. The fraction of sp³-hybridized carbons (Fsp3) is 0.364. The standard InChI is InChI=1S/C11H12FNO2/c12-8-3-4-11-9(6-8)10(13-7-14)2-1-5-15-11/h3-4,6-7,10H,1-2,5H2,(H,13,14). The lowest BCUT2D eigenvalue weighted by Gasteiger charge is -2.15. The number of halogens is 1. The molecule has 1 N–H and O–H groups in total. The molecule has 1 aromatic rings. The lowest BCUT2D eigenvalue weighted by Crippen LogP contribution is -2.19. The molecule has 0 bridgehead atoms. The summed E-state index contributed by atoms with van der Waals surface area (Å²) in [6.07, 6.45) is 2.27. The molecule has 3 nitrogen and oxygen atoms in total. The van der Waals surface area contributed by atoms with Crippen LogP contribution in [0.2, 0.25) is 0 Å². The van der Waals surface area contributed by atoms with Crippen LogP contribution in [0.3, 0.4) is 0 Å². The molecule has 1 heterocycles. The minimum atomic E-state index is -0.308. The van der Waals surface area contributed by atoms with E-state index in [9.17, 15) is 9.18 Å². The molecule has 1 atom stereocenters. The zero-order valence-corrected chi connectivity index (χ0v) is 8.20. The van der Waals surface area contributed by atoms with Crippen LogP contribution in [0.1, 0.15) is 24.4 Å². The summed E-state index contributed by atoms with van der Waals surface area (Å²) in [4.78, 5) is 10.4. The number of benzene rings is 1. The van der Waals surface area contributed by atoms with Crippen molar-refractivity contribution in [1.82, 2.24) is 5.32 Å². The number of amides is 1. The molecule has 1 aliphatic rings. The third kappa shape index (κ3) is 2.09. The van der Waals surface area contributed by atoms with Gasteiger partial charge in [-0.3, -0.25) is 4.79 Å². The predicted molar refractivity (Wildman–Crippen MR) is 53.1 cm³/mol. The summed E-state index contributed by atoms with van der Waals surface area (Å²) in [7, 11) is 0. The fourth-order valence-corrected chi connectivity index (χ4v) is 1.80. The van der Waals surface area contributed by atoms with Crippen LogP contribution in [-0.2, 0) is 4.79 Å². The zero-order valence-electron chi connectivity index (χ0n) is 8.20. The third-order valence-electron chi connectivity index (χ3n) is 2.51. The highest BCUT2D eigenvalue weighted by molar-refractivity contribution is 5.49. The van der Waals surface area contributed by atoms with Gasteiger partial charge >= 0.3 is 0 Å². The van der Waals surface area contributed by atoms with Gasteiger partial charge in [-0.05, 0) is 31.0 Å². The quantitative estimate of drug-likeness (QED) is 0.754. The number of carbonyl (C=O) groups is 1. The minimum absolute atomic E-state index is 0.143. The van der Waals surface area contributed by atoms with Gasteiger partial charge in [-0.1, -0.05) is 0 Å². The molecule has 80 valence electrons. The number of ether oxygens (including phenoxy) is 1. The largest absolute Gasteiger partial charge is 0.493 e. The summed E-state index contributed by atoms with van der Waals surface area (Å²) < 4.78 is 18.5. The smallest absolute Gasteiger partial charge is 0.207 e. The first-order valence-corrected chi connectivity index (χ1v) is 4.93. The van der Waals surface area contributed by atoms with Gasteiger partial charge in [0.15, 0.2) is 0 Å². The summed E-state index contributed by atoms with van der Waals surface area (Å²) in [5, 5.41) is 2.68. The minimum Gasteiger partial charge on any atom is -0.493 e. The van der Waals surface area contributed by atoms with Gasteiger partial charge in [0.2, 0.25) is 6.41 Å². The van der Waals surface area contributed by atoms with Crippen molar-refractivity contribution in [3.63, 3.8) is 0 Å². The Kier molecular flexibility index (Phi) is 2.85. The van der Waals surface area contributed by atoms with Gasteiger partial charge in [0, 0.05) is 5.56 Å². The summed E-state index contributed by atoms with van der Waals surface area (Å²) in [5.74, 6) is 0.352.